The van der Waals surface area contributed by atoms with Crippen LogP contribution in [0.25, 0.3) is 38.6 Å². The van der Waals surface area contributed by atoms with Crippen LogP contribution in [0, 0.1) is 0 Å². The molecule has 0 unspecified atom stereocenters. The molecule has 1 N–H and O–H groups in total. The maximum Gasteiger partial charge on any atom is 0.261 e. The highest BCUT2D eigenvalue weighted by Gasteiger charge is 2.42. The van der Waals surface area contributed by atoms with Gasteiger partial charge in [0.05, 0.1) is 34.1 Å². The first-order valence-electron chi connectivity index (χ1n) is 18.6. The molecule has 2 amide bonds. The summed E-state index contributed by atoms with van der Waals surface area (Å²) in [5.41, 5.74) is 5.09. The lowest BCUT2D eigenvalue weighted by Gasteiger charge is -2.36. The average Bonchev–Trinajstić information content (AvgIpc) is 4.05. The van der Waals surface area contributed by atoms with E-state index in [0.29, 0.717) is 57.2 Å². The van der Waals surface area contributed by atoms with Crippen LogP contribution in [-0.4, -0.2) is 56.6 Å². The van der Waals surface area contributed by atoms with Crippen LogP contribution in [0.15, 0.2) is 158 Å². The number of pyridine rings is 1. The molecule has 12 nitrogen and oxygen atoms in total. The molecule has 1 aliphatic heterocycles. The summed E-state index contributed by atoms with van der Waals surface area (Å²) in [4.78, 5) is 31.9. The fourth-order valence-electron chi connectivity index (χ4n) is 8.07. The van der Waals surface area contributed by atoms with Crippen molar-refractivity contribution in [2.24, 2.45) is 0 Å². The number of hydrogen-bond acceptors (Lipinski definition) is 8. The van der Waals surface area contributed by atoms with Crippen LogP contribution in [0.1, 0.15) is 33.9 Å². The number of imide groups is 1. The summed E-state index contributed by atoms with van der Waals surface area (Å²) < 4.78 is 5.43. The Labute approximate surface area is 336 Å². The number of rotatable bonds is 10. The Hall–Kier alpha value is -7.57. The van der Waals surface area contributed by atoms with E-state index < -0.39 is 17.4 Å². The minimum atomic E-state index is -0.910. The van der Waals surface area contributed by atoms with Crippen molar-refractivity contribution in [3.63, 3.8) is 0 Å². The van der Waals surface area contributed by atoms with E-state index in [9.17, 15) is 9.59 Å². The molecule has 0 aliphatic carbocycles. The van der Waals surface area contributed by atoms with Gasteiger partial charge in [-0.05, 0) is 63.5 Å². The van der Waals surface area contributed by atoms with Crippen molar-refractivity contribution in [2.45, 2.75) is 18.5 Å². The first-order chi connectivity index (χ1) is 28.5. The number of aromatic nitrogens is 9. The predicted octanol–water partition coefficient (Wildman–Crippen LogP) is 7.06. The number of nitrogens with zero attached hydrogens (tertiary/aromatic N) is 9. The number of carbonyl (C=O) groups is 2. The number of benzene rings is 5. The van der Waals surface area contributed by atoms with E-state index in [1.165, 1.54) is 0 Å². The minimum Gasteiger partial charge on any atom is -0.288 e. The summed E-state index contributed by atoms with van der Waals surface area (Å²) in [6.45, 7) is 0.349. The Morgan fingerprint density at radius 1 is 0.638 bits per heavy atom. The predicted molar refractivity (Wildman–Crippen MR) is 220 cm³/mol. The van der Waals surface area contributed by atoms with Crippen molar-refractivity contribution in [3.8, 4) is 5.69 Å². The number of halogens is 1. The molecule has 0 saturated heterocycles. The van der Waals surface area contributed by atoms with Gasteiger partial charge in [0.1, 0.15) is 16.9 Å². The van der Waals surface area contributed by atoms with Gasteiger partial charge in [-0.3, -0.25) is 24.6 Å². The zero-order valence-electron chi connectivity index (χ0n) is 30.6. The van der Waals surface area contributed by atoms with Crippen LogP contribution in [0.5, 0.6) is 0 Å². The van der Waals surface area contributed by atoms with Gasteiger partial charge in [0.15, 0.2) is 5.82 Å². The number of fused-ring (bicyclic) bond motifs is 2. The number of nitrogens with one attached hydrogen (secondary N) is 1. The highest BCUT2D eigenvalue weighted by Crippen LogP contribution is 2.41. The second kappa shape index (κ2) is 14.2. The summed E-state index contributed by atoms with van der Waals surface area (Å²) in [6.07, 6.45) is 3.72. The van der Waals surface area contributed by atoms with Crippen molar-refractivity contribution in [1.82, 2.24) is 50.1 Å². The Balaban J connectivity index is 1.11. The number of tetrazole rings is 1. The molecule has 0 radical (unpaired) electrons. The number of aryl methyl sites for hydroxylation is 2. The Morgan fingerprint density at radius 3 is 1.90 bits per heavy atom. The lowest BCUT2D eigenvalue weighted by atomic mass is 9.77. The minimum absolute atomic E-state index is 0.109. The molecule has 4 aromatic heterocycles. The summed E-state index contributed by atoms with van der Waals surface area (Å²) >= 11 is 6.51. The van der Waals surface area contributed by atoms with Gasteiger partial charge in [0.25, 0.3) is 11.8 Å². The average molecular weight is 779 g/mol. The molecule has 9 aromatic rings. The molecule has 10 rings (SSSR count). The third-order valence-corrected chi connectivity index (χ3v) is 10.8. The fourth-order valence-corrected chi connectivity index (χ4v) is 8.25. The molecule has 0 bridgehead atoms. The second-order valence-electron chi connectivity index (χ2n) is 13.8. The van der Waals surface area contributed by atoms with E-state index >= 15 is 0 Å². The quantitative estimate of drug-likeness (QED) is 0.115. The molecule has 0 atom stereocenters. The van der Waals surface area contributed by atoms with Gasteiger partial charge in [-0.15, -0.1) is 5.10 Å². The van der Waals surface area contributed by atoms with Crippen LogP contribution in [0.4, 0.5) is 0 Å². The molecule has 0 fully saturated rings. The highest BCUT2D eigenvalue weighted by atomic mass is 35.5. The highest BCUT2D eigenvalue weighted by molar-refractivity contribution is 6.50. The molecule has 1 aliphatic rings. The van der Waals surface area contributed by atoms with Gasteiger partial charge in [0.2, 0.25) is 0 Å². The van der Waals surface area contributed by atoms with Crippen molar-refractivity contribution in [1.29, 1.82) is 0 Å². The monoisotopic (exact) mass is 778 g/mol. The summed E-state index contributed by atoms with van der Waals surface area (Å²) in [6, 6.07) is 47.3. The lowest BCUT2D eigenvalue weighted by Crippen LogP contribution is -2.40. The standard InChI is InChI=1S/C45H31ClN10O2/c46-32-22-23-37-35(27-32)42(51-55(37)33-19-12-25-47-28-33)40-39(43(57)48-44(40)58)41-34-20-10-11-21-36(34)54(50-41)26-24-38-49-52-53-56(38)45(29-13-4-1-5-14-29,30-15-6-2-7-16-30)31-17-8-3-9-18-31/h1-23,25,27-28H,24,26H2,(H,48,57,58). The Bertz CT molecular complexity index is 2940. The molecular formula is C45H31ClN10O2. The second-order valence-corrected chi connectivity index (χ2v) is 14.3. The third kappa shape index (κ3) is 5.60. The van der Waals surface area contributed by atoms with E-state index in [4.69, 9.17) is 21.8 Å². The van der Waals surface area contributed by atoms with Gasteiger partial charge in [-0.25, -0.2) is 9.36 Å². The number of amides is 2. The topological polar surface area (TPSA) is 138 Å². The zero-order chi connectivity index (χ0) is 39.2. The first kappa shape index (κ1) is 34.9. The van der Waals surface area contributed by atoms with Crippen molar-refractivity contribution < 1.29 is 9.59 Å². The SMILES string of the molecule is O=C1NC(=O)C(c2nn(-c3cccnc3)c3ccc(Cl)cc23)=C1c1nn(CCc2nnnn2C(c2ccccc2)(c2ccccc2)c2ccccc2)c2ccccc12. The third-order valence-electron chi connectivity index (χ3n) is 10.6. The van der Waals surface area contributed by atoms with Crippen LogP contribution in [0.2, 0.25) is 5.02 Å². The van der Waals surface area contributed by atoms with Crippen molar-refractivity contribution >= 4 is 56.4 Å². The Morgan fingerprint density at radius 2 is 1.26 bits per heavy atom. The maximum absolute atomic E-state index is 13.9. The lowest BCUT2D eigenvalue weighted by molar-refractivity contribution is -0.122. The van der Waals surface area contributed by atoms with Crippen molar-refractivity contribution in [2.75, 3.05) is 0 Å². The van der Waals surface area contributed by atoms with E-state index in [2.05, 4.69) is 62.2 Å². The zero-order valence-corrected chi connectivity index (χ0v) is 31.4. The molecule has 58 heavy (non-hydrogen) atoms. The molecule has 0 saturated carbocycles. The molecular weight excluding hydrogens is 748 g/mol. The smallest absolute Gasteiger partial charge is 0.261 e. The fraction of sp³-hybridized carbons (Fsp3) is 0.0667. The van der Waals surface area contributed by atoms with Gasteiger partial charge in [-0.1, -0.05) is 121 Å². The Kier molecular flexibility index (Phi) is 8.53. The van der Waals surface area contributed by atoms with E-state index in [-0.39, 0.29) is 11.1 Å². The molecule has 0 spiro atoms. The molecule has 13 heteroatoms. The maximum atomic E-state index is 13.9. The van der Waals surface area contributed by atoms with E-state index in [1.54, 1.807) is 35.3 Å². The molecule has 5 heterocycles. The van der Waals surface area contributed by atoms with Crippen LogP contribution < -0.4 is 5.32 Å². The molecule has 280 valence electrons. The number of para-hydroxylation sites is 1. The van der Waals surface area contributed by atoms with E-state index in [0.717, 1.165) is 22.2 Å². The number of carbonyl (C=O) groups excluding carboxylic acids is 2. The summed E-state index contributed by atoms with van der Waals surface area (Å²) in [5, 5.41) is 27.7. The van der Waals surface area contributed by atoms with E-state index in [1.807, 2.05) is 100 Å². The van der Waals surface area contributed by atoms with Crippen LogP contribution in [0.3, 0.4) is 0 Å². The van der Waals surface area contributed by atoms with Crippen LogP contribution >= 0.6 is 11.6 Å². The largest absolute Gasteiger partial charge is 0.288 e. The first-order valence-corrected chi connectivity index (χ1v) is 19.0. The summed E-state index contributed by atoms with van der Waals surface area (Å²) in [5.74, 6) is -0.519. The molecule has 5 aromatic carbocycles. The normalized spacial score (nSPS) is 13.2. The summed E-state index contributed by atoms with van der Waals surface area (Å²) in [7, 11) is 0. The van der Waals surface area contributed by atoms with Gasteiger partial charge in [0, 0.05) is 35.0 Å². The number of hydrogen-bond donors (Lipinski definition) is 1. The van der Waals surface area contributed by atoms with Gasteiger partial charge >= 0.3 is 0 Å². The van der Waals surface area contributed by atoms with Crippen molar-refractivity contribution in [3.05, 3.63) is 197 Å². The van der Waals surface area contributed by atoms with Gasteiger partial charge < -0.3 is 0 Å². The van der Waals surface area contributed by atoms with Gasteiger partial charge in [-0.2, -0.15) is 10.2 Å². The van der Waals surface area contributed by atoms with Crippen LogP contribution in [-0.2, 0) is 28.1 Å².